The van der Waals surface area contributed by atoms with Crippen LogP contribution in [0.4, 0.5) is 4.39 Å². The molecule has 0 fully saturated rings. The number of halogens is 3. The number of rotatable bonds is 13. The first-order valence-corrected chi connectivity index (χ1v) is 11.6. The van der Waals surface area contributed by atoms with Crippen LogP contribution in [0.25, 0.3) is 0 Å². The molecule has 0 saturated carbocycles. The third-order valence-corrected chi connectivity index (χ3v) is 5.75. The summed E-state index contributed by atoms with van der Waals surface area (Å²) in [4.78, 5) is 2.42. The highest BCUT2D eigenvalue weighted by atomic mass is 79.9. The van der Waals surface area contributed by atoms with Gasteiger partial charge < -0.3 is 19.7 Å². The minimum absolute atomic E-state index is 0.223. The van der Waals surface area contributed by atoms with E-state index in [0.717, 1.165) is 49.2 Å². The summed E-state index contributed by atoms with van der Waals surface area (Å²) in [7, 11) is 0. The molecule has 0 unspecified atom stereocenters. The average Bonchev–Trinajstić information content (AvgIpc) is 2.71. The van der Waals surface area contributed by atoms with Crippen molar-refractivity contribution in [3.8, 4) is 11.5 Å². The maximum Gasteiger partial charge on any atom is 0.175 e. The Kier molecular flexibility index (Phi) is 10.9. The number of nitrogens with one attached hydrogen (secondary N) is 1. The van der Waals surface area contributed by atoms with Crippen molar-refractivity contribution in [2.75, 3.05) is 32.8 Å². The van der Waals surface area contributed by atoms with Crippen LogP contribution in [0, 0.1) is 5.82 Å². The summed E-state index contributed by atoms with van der Waals surface area (Å²) in [6.07, 6.45) is 1.11. The van der Waals surface area contributed by atoms with Crippen molar-refractivity contribution in [1.82, 2.24) is 10.2 Å². The van der Waals surface area contributed by atoms with E-state index in [1.165, 1.54) is 12.1 Å². The van der Waals surface area contributed by atoms with Crippen molar-refractivity contribution in [1.29, 1.82) is 0 Å². The van der Waals surface area contributed by atoms with E-state index >= 15 is 0 Å². The zero-order valence-electron chi connectivity index (χ0n) is 17.9. The van der Waals surface area contributed by atoms with Crippen molar-refractivity contribution in [3.63, 3.8) is 0 Å². The fourth-order valence-corrected chi connectivity index (χ4v) is 3.94. The molecule has 7 heteroatoms. The van der Waals surface area contributed by atoms with Gasteiger partial charge in [-0.3, -0.25) is 0 Å². The molecule has 0 spiro atoms. The zero-order valence-corrected chi connectivity index (χ0v) is 20.3. The Morgan fingerprint density at radius 3 is 2.53 bits per heavy atom. The second kappa shape index (κ2) is 13.2. The molecule has 1 N–H and O–H groups in total. The lowest BCUT2D eigenvalue weighted by Crippen LogP contribution is -2.27. The Balaban J connectivity index is 1.98. The molecule has 0 bridgehead atoms. The molecule has 0 aromatic heterocycles. The molecule has 0 radical (unpaired) electrons. The van der Waals surface area contributed by atoms with E-state index in [9.17, 15) is 4.39 Å². The van der Waals surface area contributed by atoms with Crippen molar-refractivity contribution in [2.45, 2.75) is 40.3 Å². The van der Waals surface area contributed by atoms with Gasteiger partial charge in [0.05, 0.1) is 16.1 Å². The topological polar surface area (TPSA) is 33.7 Å². The zero-order chi connectivity index (χ0) is 21.9. The van der Waals surface area contributed by atoms with Gasteiger partial charge in [-0.2, -0.15) is 0 Å². The number of nitrogens with zero attached hydrogens (tertiary/aromatic N) is 1. The van der Waals surface area contributed by atoms with Crippen LogP contribution in [-0.4, -0.2) is 37.7 Å². The standard InChI is InChI=1S/C23H31BrClFN2O2/c1-4-28(5-2)11-7-10-27-15-17-12-20(24)23(22(13-17)29-6-3)30-16-18-8-9-19(26)14-21(18)25/h8-9,12-14,27H,4-7,10-11,15-16H2,1-3H3. The van der Waals surface area contributed by atoms with Crippen LogP contribution < -0.4 is 14.8 Å². The molecule has 2 rings (SSSR count). The molecule has 0 heterocycles. The summed E-state index contributed by atoms with van der Waals surface area (Å²) in [5, 5.41) is 3.84. The molecule has 0 aliphatic rings. The fourth-order valence-electron chi connectivity index (χ4n) is 3.12. The summed E-state index contributed by atoms with van der Waals surface area (Å²) in [5.74, 6) is 0.918. The molecular formula is C23H31BrClFN2O2. The first-order chi connectivity index (χ1) is 14.5. The lowest BCUT2D eigenvalue weighted by atomic mass is 10.2. The van der Waals surface area contributed by atoms with Crippen LogP contribution in [-0.2, 0) is 13.2 Å². The van der Waals surface area contributed by atoms with Gasteiger partial charge in [0.15, 0.2) is 11.5 Å². The highest BCUT2D eigenvalue weighted by Gasteiger charge is 2.14. The minimum Gasteiger partial charge on any atom is -0.490 e. The van der Waals surface area contributed by atoms with Crippen LogP contribution in [0.3, 0.4) is 0 Å². The quantitative estimate of drug-likeness (QED) is 0.339. The molecule has 0 aliphatic heterocycles. The Hall–Kier alpha value is -1.34. The van der Waals surface area contributed by atoms with E-state index in [0.29, 0.717) is 28.7 Å². The molecule has 30 heavy (non-hydrogen) atoms. The van der Waals surface area contributed by atoms with E-state index in [4.69, 9.17) is 21.1 Å². The first-order valence-electron chi connectivity index (χ1n) is 10.4. The van der Waals surface area contributed by atoms with Crippen molar-refractivity contribution in [2.24, 2.45) is 0 Å². The van der Waals surface area contributed by atoms with Gasteiger partial charge in [-0.25, -0.2) is 4.39 Å². The molecule has 0 aliphatic carbocycles. The van der Waals surface area contributed by atoms with Crippen LogP contribution >= 0.6 is 27.5 Å². The smallest absolute Gasteiger partial charge is 0.175 e. The lowest BCUT2D eigenvalue weighted by Gasteiger charge is -2.18. The molecule has 0 saturated heterocycles. The predicted octanol–water partition coefficient (Wildman–Crippen LogP) is 6.04. The fraction of sp³-hybridized carbons (Fsp3) is 0.478. The molecule has 166 valence electrons. The predicted molar refractivity (Wildman–Crippen MR) is 125 cm³/mol. The first kappa shape index (κ1) is 24.9. The second-order valence-corrected chi connectivity index (χ2v) is 8.18. The van der Waals surface area contributed by atoms with Crippen LogP contribution in [0.15, 0.2) is 34.8 Å². The highest BCUT2D eigenvalue weighted by molar-refractivity contribution is 9.10. The monoisotopic (exact) mass is 500 g/mol. The van der Waals surface area contributed by atoms with E-state index in [-0.39, 0.29) is 12.4 Å². The summed E-state index contributed by atoms with van der Waals surface area (Å²) in [6.45, 7) is 12.1. The van der Waals surface area contributed by atoms with Crippen LogP contribution in [0.1, 0.15) is 38.3 Å². The van der Waals surface area contributed by atoms with Gasteiger partial charge >= 0.3 is 0 Å². The third kappa shape index (κ3) is 7.73. The minimum atomic E-state index is -0.367. The van der Waals surface area contributed by atoms with Crippen molar-refractivity contribution in [3.05, 3.63) is 56.8 Å². The van der Waals surface area contributed by atoms with Gasteiger partial charge in [-0.1, -0.05) is 31.5 Å². The number of benzene rings is 2. The van der Waals surface area contributed by atoms with E-state index in [1.54, 1.807) is 6.07 Å². The van der Waals surface area contributed by atoms with Gasteiger partial charge in [-0.15, -0.1) is 0 Å². The van der Waals surface area contributed by atoms with Gasteiger partial charge in [0.1, 0.15) is 12.4 Å². The van der Waals surface area contributed by atoms with Gasteiger partial charge in [-0.05, 0) is 85.3 Å². The van der Waals surface area contributed by atoms with Crippen LogP contribution in [0.5, 0.6) is 11.5 Å². The molecular weight excluding hydrogens is 471 g/mol. The molecule has 0 amide bonds. The van der Waals surface area contributed by atoms with Gasteiger partial charge in [0.2, 0.25) is 0 Å². The summed E-state index contributed by atoms with van der Waals surface area (Å²) >= 11 is 9.71. The van der Waals surface area contributed by atoms with E-state index < -0.39 is 0 Å². The van der Waals surface area contributed by atoms with E-state index in [2.05, 4.69) is 40.0 Å². The van der Waals surface area contributed by atoms with Gasteiger partial charge in [0.25, 0.3) is 0 Å². The lowest BCUT2D eigenvalue weighted by molar-refractivity contribution is 0.267. The highest BCUT2D eigenvalue weighted by Crippen LogP contribution is 2.38. The third-order valence-electron chi connectivity index (χ3n) is 4.81. The maximum absolute atomic E-state index is 13.2. The normalized spacial score (nSPS) is 11.2. The summed E-state index contributed by atoms with van der Waals surface area (Å²) in [6, 6.07) is 8.31. The summed E-state index contributed by atoms with van der Waals surface area (Å²) < 4.78 is 25.8. The Labute approximate surface area is 192 Å². The Morgan fingerprint density at radius 1 is 1.10 bits per heavy atom. The molecule has 4 nitrogen and oxygen atoms in total. The Bertz CT molecular complexity index is 803. The van der Waals surface area contributed by atoms with Crippen molar-refractivity contribution < 1.29 is 13.9 Å². The summed E-state index contributed by atoms with van der Waals surface area (Å²) in [5.41, 5.74) is 1.83. The van der Waals surface area contributed by atoms with E-state index in [1.807, 2.05) is 19.1 Å². The van der Waals surface area contributed by atoms with Gasteiger partial charge in [0, 0.05) is 12.1 Å². The second-order valence-electron chi connectivity index (χ2n) is 6.92. The number of hydrogen-bond donors (Lipinski definition) is 1. The van der Waals surface area contributed by atoms with Crippen molar-refractivity contribution >= 4 is 27.5 Å². The number of hydrogen-bond acceptors (Lipinski definition) is 4. The average molecular weight is 502 g/mol. The largest absolute Gasteiger partial charge is 0.490 e. The van der Waals surface area contributed by atoms with Crippen LogP contribution in [0.2, 0.25) is 5.02 Å². The SMILES string of the molecule is CCOc1cc(CNCCCN(CC)CC)cc(Br)c1OCc1ccc(F)cc1Cl. The molecule has 0 atom stereocenters. The molecule has 2 aromatic carbocycles. The maximum atomic E-state index is 13.2. The Morgan fingerprint density at radius 2 is 1.87 bits per heavy atom. The number of ether oxygens (including phenoxy) is 2. The molecule has 2 aromatic rings.